The third-order valence-electron chi connectivity index (χ3n) is 6.02. The lowest BCUT2D eigenvalue weighted by Gasteiger charge is -2.26. The van der Waals surface area contributed by atoms with Gasteiger partial charge in [-0.2, -0.15) is 0 Å². The maximum absolute atomic E-state index is 12.2. The second kappa shape index (κ2) is 8.95. The van der Waals surface area contributed by atoms with Crippen molar-refractivity contribution in [3.05, 3.63) is 81.3 Å². The van der Waals surface area contributed by atoms with Crippen molar-refractivity contribution in [1.29, 1.82) is 0 Å². The van der Waals surface area contributed by atoms with Crippen LogP contribution in [0.4, 0.5) is 5.69 Å². The van der Waals surface area contributed by atoms with E-state index in [0.717, 1.165) is 5.57 Å². The molecule has 1 aliphatic carbocycles. The number of nitro benzene ring substituents is 1. The topological polar surface area (TPSA) is 124 Å². The highest BCUT2D eigenvalue weighted by Gasteiger charge is 2.28. The molecule has 0 bridgehead atoms. The Bertz CT molecular complexity index is 1530. The first-order valence-electron chi connectivity index (χ1n) is 11.0. The fourth-order valence-corrected chi connectivity index (χ4v) is 5.35. The molecule has 10 heteroatoms. The molecule has 1 aliphatic rings. The minimum Gasteiger partial charge on any atom is -0.478 e. The number of aromatic nitrogens is 4. The van der Waals surface area contributed by atoms with E-state index >= 15 is 0 Å². The molecule has 176 valence electrons. The molecule has 1 N–H and O–H groups in total. The summed E-state index contributed by atoms with van der Waals surface area (Å²) < 4.78 is 1.70. The lowest BCUT2D eigenvalue weighted by Crippen LogP contribution is -2.17. The molecule has 1 atom stereocenters. The van der Waals surface area contributed by atoms with Crippen LogP contribution in [0.15, 0.2) is 58.8 Å². The highest BCUT2D eigenvalue weighted by atomic mass is 32.2. The van der Waals surface area contributed by atoms with Crippen LogP contribution in [0.25, 0.3) is 22.6 Å². The zero-order chi connectivity index (χ0) is 24.7. The summed E-state index contributed by atoms with van der Waals surface area (Å²) in [5.41, 5.74) is 3.75. The van der Waals surface area contributed by atoms with Crippen molar-refractivity contribution >= 4 is 46.0 Å². The summed E-state index contributed by atoms with van der Waals surface area (Å²) >= 11 is 1.18. The van der Waals surface area contributed by atoms with Crippen LogP contribution in [-0.4, -0.2) is 35.7 Å². The number of allylic oxidation sites excluding steroid dienone is 1. The molecule has 2 aromatic heterocycles. The summed E-state index contributed by atoms with van der Waals surface area (Å²) in [4.78, 5) is 29.0. The summed E-state index contributed by atoms with van der Waals surface area (Å²) in [6.07, 6.45) is 4.72. The number of fused-ring (bicyclic) bond motifs is 2. The Kier molecular flexibility index (Phi) is 5.81. The molecular formula is C25H21N5O4S. The maximum atomic E-state index is 12.2. The third kappa shape index (κ3) is 4.28. The van der Waals surface area contributed by atoms with E-state index in [2.05, 4.69) is 17.1 Å². The Morgan fingerprint density at radius 1 is 1.26 bits per heavy atom. The number of nitro groups is 1. The van der Waals surface area contributed by atoms with Gasteiger partial charge in [0, 0.05) is 18.5 Å². The number of benzene rings is 2. The van der Waals surface area contributed by atoms with Gasteiger partial charge in [-0.05, 0) is 65.4 Å². The van der Waals surface area contributed by atoms with E-state index in [9.17, 15) is 20.0 Å². The molecule has 0 aliphatic heterocycles. The van der Waals surface area contributed by atoms with Crippen LogP contribution in [0.2, 0.25) is 0 Å². The van der Waals surface area contributed by atoms with Crippen LogP contribution in [0.3, 0.4) is 0 Å². The molecule has 5 rings (SSSR count). The van der Waals surface area contributed by atoms with Crippen LogP contribution in [0, 0.1) is 16.0 Å². The van der Waals surface area contributed by atoms with Gasteiger partial charge in [0.25, 0.3) is 5.69 Å². The van der Waals surface area contributed by atoms with E-state index in [1.165, 1.54) is 24.2 Å². The van der Waals surface area contributed by atoms with Crippen LogP contribution < -0.4 is 0 Å². The summed E-state index contributed by atoms with van der Waals surface area (Å²) in [6, 6.07) is 12.3. The quantitative estimate of drug-likeness (QED) is 0.299. The van der Waals surface area contributed by atoms with Gasteiger partial charge in [0.05, 0.1) is 26.6 Å². The van der Waals surface area contributed by atoms with Crippen molar-refractivity contribution in [2.24, 2.45) is 13.0 Å². The number of hydrogen-bond donors (Lipinski definition) is 1. The number of nitrogens with zero attached hydrogens (tertiary/aromatic N) is 5. The predicted octanol–water partition coefficient (Wildman–Crippen LogP) is 5.24. The molecule has 0 saturated heterocycles. The van der Waals surface area contributed by atoms with Gasteiger partial charge in [-0.25, -0.2) is 9.78 Å². The number of carboxylic acids is 1. The minimum absolute atomic E-state index is 0.0332. The Hall–Kier alpha value is -4.05. The van der Waals surface area contributed by atoms with E-state index in [1.807, 2.05) is 24.3 Å². The van der Waals surface area contributed by atoms with Crippen molar-refractivity contribution in [3.8, 4) is 0 Å². The molecule has 9 nitrogen and oxygen atoms in total. The second-order valence-electron chi connectivity index (χ2n) is 8.63. The fraction of sp³-hybridized carbons (Fsp3) is 0.200. The zero-order valence-corrected chi connectivity index (χ0v) is 19.8. The molecule has 0 fully saturated rings. The lowest BCUT2D eigenvalue weighted by atomic mass is 9.80. The zero-order valence-electron chi connectivity index (χ0n) is 19.0. The van der Waals surface area contributed by atoms with E-state index in [4.69, 9.17) is 4.98 Å². The smallest absolute Gasteiger partial charge is 0.336 e. The molecule has 35 heavy (non-hydrogen) atoms. The van der Waals surface area contributed by atoms with Gasteiger partial charge in [-0.3, -0.25) is 10.1 Å². The highest BCUT2D eigenvalue weighted by Crippen LogP contribution is 2.40. The molecule has 0 saturated carbocycles. The van der Waals surface area contributed by atoms with Crippen LogP contribution in [0.5, 0.6) is 0 Å². The molecule has 0 spiro atoms. The largest absolute Gasteiger partial charge is 0.478 e. The van der Waals surface area contributed by atoms with Crippen molar-refractivity contribution in [2.45, 2.75) is 29.8 Å². The van der Waals surface area contributed by atoms with Gasteiger partial charge in [0.15, 0.2) is 5.16 Å². The van der Waals surface area contributed by atoms with Crippen molar-refractivity contribution in [1.82, 2.24) is 19.7 Å². The molecular weight excluding hydrogens is 466 g/mol. The number of rotatable bonds is 5. The number of aromatic carboxylic acids is 1. The maximum Gasteiger partial charge on any atom is 0.336 e. The summed E-state index contributed by atoms with van der Waals surface area (Å²) in [5.74, 6) is -0.773. The fourth-order valence-electron chi connectivity index (χ4n) is 4.50. The summed E-state index contributed by atoms with van der Waals surface area (Å²) in [7, 11) is 1.77. The van der Waals surface area contributed by atoms with Gasteiger partial charge in [0.1, 0.15) is 6.33 Å². The first-order chi connectivity index (χ1) is 16.8. The molecule has 2 heterocycles. The minimum atomic E-state index is -0.978. The Morgan fingerprint density at radius 2 is 2.06 bits per heavy atom. The standard InChI is InChI=1S/C25H21N5O4S/c1-14-9-16(23-18(10-14)22(24(31)32)17-5-3-4-6-19(17)27-23)11-15-7-8-21(20(12-15)30(33)34)35-25-28-26-13-29(25)2/h3-8,11-14H,9-10H2,1-2H3,(H,31,32)/b16-11-. The van der Waals surface area contributed by atoms with Gasteiger partial charge in [0.2, 0.25) is 0 Å². The Labute approximate surface area is 204 Å². The predicted molar refractivity (Wildman–Crippen MR) is 132 cm³/mol. The number of hydrogen-bond acceptors (Lipinski definition) is 7. The average Bonchev–Trinajstić information content (AvgIpc) is 3.22. The van der Waals surface area contributed by atoms with Gasteiger partial charge in [-0.15, -0.1) is 10.2 Å². The Balaban J connectivity index is 1.63. The number of pyridine rings is 1. The van der Waals surface area contributed by atoms with Crippen molar-refractivity contribution in [2.75, 3.05) is 0 Å². The van der Waals surface area contributed by atoms with Crippen molar-refractivity contribution < 1.29 is 14.8 Å². The van der Waals surface area contributed by atoms with E-state index in [-0.39, 0.29) is 17.2 Å². The van der Waals surface area contributed by atoms with E-state index < -0.39 is 10.9 Å². The van der Waals surface area contributed by atoms with Gasteiger partial charge in [-0.1, -0.05) is 31.2 Å². The van der Waals surface area contributed by atoms with Crippen LogP contribution in [-0.2, 0) is 13.5 Å². The molecule has 1 unspecified atom stereocenters. The molecule has 4 aromatic rings. The molecule has 0 amide bonds. The van der Waals surface area contributed by atoms with E-state index in [0.29, 0.717) is 50.6 Å². The summed E-state index contributed by atoms with van der Waals surface area (Å²) in [5, 5.41) is 30.8. The molecule has 0 radical (unpaired) electrons. The van der Waals surface area contributed by atoms with Crippen LogP contribution >= 0.6 is 11.8 Å². The monoisotopic (exact) mass is 487 g/mol. The van der Waals surface area contributed by atoms with E-state index in [1.54, 1.807) is 29.8 Å². The number of carbonyl (C=O) groups is 1. The van der Waals surface area contributed by atoms with Gasteiger partial charge >= 0.3 is 5.97 Å². The number of para-hydroxylation sites is 1. The average molecular weight is 488 g/mol. The first-order valence-corrected chi connectivity index (χ1v) is 11.8. The number of carboxylic acid groups (broad SMARTS) is 1. The first kappa shape index (κ1) is 22.7. The SMILES string of the molecule is CC1C/C(=C/c2ccc(Sc3nncn3C)c([N+](=O)[O-])c2)c2nc3ccccc3c(C(=O)O)c2C1. The second-order valence-corrected chi connectivity index (χ2v) is 9.64. The summed E-state index contributed by atoms with van der Waals surface area (Å²) in [6.45, 7) is 2.07. The Morgan fingerprint density at radius 3 is 2.77 bits per heavy atom. The third-order valence-corrected chi connectivity index (χ3v) is 7.14. The van der Waals surface area contributed by atoms with Crippen molar-refractivity contribution in [3.63, 3.8) is 0 Å². The molecule has 2 aromatic carbocycles. The normalized spacial score (nSPS) is 16.4. The number of aryl methyl sites for hydroxylation is 1. The highest BCUT2D eigenvalue weighted by molar-refractivity contribution is 7.99. The lowest BCUT2D eigenvalue weighted by molar-refractivity contribution is -0.387. The van der Waals surface area contributed by atoms with Crippen LogP contribution in [0.1, 0.15) is 40.5 Å². The van der Waals surface area contributed by atoms with Gasteiger partial charge < -0.3 is 9.67 Å².